The van der Waals surface area contributed by atoms with Crippen molar-refractivity contribution >= 4 is 16.0 Å². The van der Waals surface area contributed by atoms with Crippen LogP contribution in [0.5, 0.6) is 0 Å². The Morgan fingerprint density at radius 2 is 1.79 bits per heavy atom. The van der Waals surface area contributed by atoms with E-state index in [1.807, 2.05) is 13.8 Å². The lowest BCUT2D eigenvalue weighted by Crippen LogP contribution is -2.19. The lowest BCUT2D eigenvalue weighted by Gasteiger charge is -2.15. The van der Waals surface area contributed by atoms with Crippen LogP contribution in [0.1, 0.15) is 31.7 Å². The molecule has 0 bridgehead atoms. The van der Waals surface area contributed by atoms with Gasteiger partial charge in [0, 0.05) is 0 Å². The first kappa shape index (κ1) is 15.7. The second kappa shape index (κ2) is 6.16. The van der Waals surface area contributed by atoms with Crippen molar-refractivity contribution in [2.24, 2.45) is 5.92 Å². The number of rotatable bonds is 6. The maximum absolute atomic E-state index is 11.6. The zero-order valence-electron chi connectivity index (χ0n) is 11.3. The van der Waals surface area contributed by atoms with Gasteiger partial charge in [0.1, 0.15) is 0 Å². The highest BCUT2D eigenvalue weighted by atomic mass is 32.2. The third-order valence-electron chi connectivity index (χ3n) is 2.87. The van der Waals surface area contributed by atoms with Gasteiger partial charge in [-0.25, -0.2) is 13.1 Å². The van der Waals surface area contributed by atoms with Crippen LogP contribution in [0.25, 0.3) is 0 Å². The minimum Gasteiger partial charge on any atom is -0.481 e. The van der Waals surface area contributed by atoms with Crippen LogP contribution < -0.4 is 4.72 Å². The van der Waals surface area contributed by atoms with E-state index in [1.165, 1.54) is 19.2 Å². The fraction of sp³-hybridized carbons (Fsp3) is 0.462. The van der Waals surface area contributed by atoms with Crippen LogP contribution in [-0.2, 0) is 14.8 Å². The molecule has 1 aromatic carbocycles. The van der Waals surface area contributed by atoms with Crippen molar-refractivity contribution in [1.29, 1.82) is 0 Å². The van der Waals surface area contributed by atoms with Crippen LogP contribution in [0.2, 0.25) is 0 Å². The van der Waals surface area contributed by atoms with Gasteiger partial charge in [0.2, 0.25) is 10.0 Å². The molecule has 19 heavy (non-hydrogen) atoms. The van der Waals surface area contributed by atoms with E-state index in [0.29, 0.717) is 12.0 Å². The number of carbonyl (C=O) groups is 1. The number of benzene rings is 1. The first-order valence-corrected chi connectivity index (χ1v) is 7.52. The molecule has 0 aliphatic carbocycles. The molecule has 1 atom stereocenters. The third-order valence-corrected chi connectivity index (χ3v) is 4.30. The van der Waals surface area contributed by atoms with Crippen molar-refractivity contribution in [2.75, 3.05) is 7.05 Å². The molecule has 0 fully saturated rings. The van der Waals surface area contributed by atoms with E-state index in [0.717, 1.165) is 0 Å². The Hall–Kier alpha value is -1.40. The molecular weight excluding hydrogens is 266 g/mol. The van der Waals surface area contributed by atoms with E-state index >= 15 is 0 Å². The summed E-state index contributed by atoms with van der Waals surface area (Å²) >= 11 is 0. The molecule has 1 rings (SSSR count). The fourth-order valence-electron chi connectivity index (χ4n) is 1.85. The van der Waals surface area contributed by atoms with Crippen molar-refractivity contribution in [3.05, 3.63) is 29.8 Å². The summed E-state index contributed by atoms with van der Waals surface area (Å²) in [6.45, 7) is 3.91. The first-order chi connectivity index (χ1) is 8.77. The van der Waals surface area contributed by atoms with Gasteiger partial charge in [0.15, 0.2) is 0 Å². The van der Waals surface area contributed by atoms with Crippen LogP contribution in [0.4, 0.5) is 0 Å². The molecule has 0 saturated carbocycles. The number of nitrogens with one attached hydrogen (secondary N) is 1. The Morgan fingerprint density at radius 1 is 1.26 bits per heavy atom. The van der Waals surface area contributed by atoms with Crippen molar-refractivity contribution in [1.82, 2.24) is 4.72 Å². The number of carboxylic acid groups (broad SMARTS) is 1. The second-order valence-electron chi connectivity index (χ2n) is 4.80. The Balaban J connectivity index is 3.06. The van der Waals surface area contributed by atoms with Crippen molar-refractivity contribution in [3.8, 4) is 0 Å². The van der Waals surface area contributed by atoms with Crippen LogP contribution >= 0.6 is 0 Å². The molecule has 0 saturated heterocycles. The SMILES string of the molecule is CNS(=O)(=O)c1ccc(C(CC(C)C)C(=O)O)cc1. The Morgan fingerprint density at radius 3 is 2.16 bits per heavy atom. The predicted molar refractivity (Wildman–Crippen MR) is 72.5 cm³/mol. The lowest BCUT2D eigenvalue weighted by atomic mass is 9.90. The molecule has 6 heteroatoms. The van der Waals surface area contributed by atoms with E-state index in [4.69, 9.17) is 0 Å². The number of aliphatic carboxylic acids is 1. The topological polar surface area (TPSA) is 83.5 Å². The van der Waals surface area contributed by atoms with E-state index in [1.54, 1.807) is 12.1 Å². The van der Waals surface area contributed by atoms with E-state index < -0.39 is 21.9 Å². The third kappa shape index (κ3) is 4.04. The number of hydrogen-bond acceptors (Lipinski definition) is 3. The summed E-state index contributed by atoms with van der Waals surface area (Å²) in [4.78, 5) is 11.4. The Kier molecular flexibility index (Phi) is 5.08. The molecule has 0 spiro atoms. The zero-order chi connectivity index (χ0) is 14.6. The van der Waals surface area contributed by atoms with Gasteiger partial charge >= 0.3 is 5.97 Å². The van der Waals surface area contributed by atoms with Crippen LogP contribution in [0, 0.1) is 5.92 Å². The molecular formula is C13H19NO4S. The summed E-state index contributed by atoms with van der Waals surface area (Å²) < 4.78 is 25.3. The molecule has 5 nitrogen and oxygen atoms in total. The van der Waals surface area contributed by atoms with Crippen LogP contribution in [0.3, 0.4) is 0 Å². The average Bonchev–Trinajstić information content (AvgIpc) is 2.35. The largest absolute Gasteiger partial charge is 0.481 e. The van der Waals surface area contributed by atoms with Crippen LogP contribution in [0.15, 0.2) is 29.2 Å². The van der Waals surface area contributed by atoms with Gasteiger partial charge in [-0.1, -0.05) is 26.0 Å². The Labute approximate surface area is 113 Å². The summed E-state index contributed by atoms with van der Waals surface area (Å²) in [6, 6.07) is 5.98. The Bertz CT molecular complexity index is 534. The molecule has 0 radical (unpaired) electrons. The summed E-state index contributed by atoms with van der Waals surface area (Å²) in [5.74, 6) is -1.24. The van der Waals surface area contributed by atoms with E-state index in [2.05, 4.69) is 4.72 Å². The monoisotopic (exact) mass is 285 g/mol. The summed E-state index contributed by atoms with van der Waals surface area (Å²) in [5.41, 5.74) is 0.622. The van der Waals surface area contributed by atoms with Gasteiger partial charge in [-0.05, 0) is 37.1 Å². The minimum absolute atomic E-state index is 0.132. The standard InChI is InChI=1S/C13H19NO4S/c1-9(2)8-12(13(15)16)10-4-6-11(7-5-10)19(17,18)14-3/h4-7,9,12,14H,8H2,1-3H3,(H,15,16). The molecule has 1 aromatic rings. The number of carboxylic acids is 1. The first-order valence-electron chi connectivity index (χ1n) is 6.04. The highest BCUT2D eigenvalue weighted by Gasteiger charge is 2.21. The molecule has 1 unspecified atom stereocenters. The van der Waals surface area contributed by atoms with Gasteiger partial charge in [-0.3, -0.25) is 4.79 Å². The summed E-state index contributed by atoms with van der Waals surface area (Å²) in [5, 5.41) is 9.22. The summed E-state index contributed by atoms with van der Waals surface area (Å²) in [7, 11) is -2.15. The van der Waals surface area contributed by atoms with Gasteiger partial charge in [0.05, 0.1) is 10.8 Å². The molecule has 0 aromatic heterocycles. The molecule has 0 aliphatic rings. The highest BCUT2D eigenvalue weighted by Crippen LogP contribution is 2.25. The van der Waals surface area contributed by atoms with Gasteiger partial charge in [0.25, 0.3) is 0 Å². The zero-order valence-corrected chi connectivity index (χ0v) is 12.1. The van der Waals surface area contributed by atoms with E-state index in [-0.39, 0.29) is 10.8 Å². The predicted octanol–water partition coefficient (Wildman–Crippen LogP) is 1.81. The molecule has 2 N–H and O–H groups in total. The van der Waals surface area contributed by atoms with Crippen molar-refractivity contribution in [3.63, 3.8) is 0 Å². The second-order valence-corrected chi connectivity index (χ2v) is 6.68. The molecule has 0 amide bonds. The van der Waals surface area contributed by atoms with E-state index in [9.17, 15) is 18.3 Å². The van der Waals surface area contributed by atoms with Gasteiger partial charge in [-0.2, -0.15) is 0 Å². The number of hydrogen-bond donors (Lipinski definition) is 2. The molecule has 0 heterocycles. The summed E-state index contributed by atoms with van der Waals surface area (Å²) in [6.07, 6.45) is 0.521. The quantitative estimate of drug-likeness (QED) is 0.835. The lowest BCUT2D eigenvalue weighted by molar-refractivity contribution is -0.139. The average molecular weight is 285 g/mol. The maximum Gasteiger partial charge on any atom is 0.310 e. The van der Waals surface area contributed by atoms with Crippen molar-refractivity contribution < 1.29 is 18.3 Å². The highest BCUT2D eigenvalue weighted by molar-refractivity contribution is 7.89. The van der Waals surface area contributed by atoms with Crippen LogP contribution in [-0.4, -0.2) is 26.5 Å². The van der Waals surface area contributed by atoms with Gasteiger partial charge < -0.3 is 5.11 Å². The fourth-order valence-corrected chi connectivity index (χ4v) is 2.58. The van der Waals surface area contributed by atoms with Crippen molar-refractivity contribution in [2.45, 2.75) is 31.1 Å². The number of sulfonamides is 1. The maximum atomic E-state index is 11.6. The smallest absolute Gasteiger partial charge is 0.310 e. The minimum atomic E-state index is -3.48. The van der Waals surface area contributed by atoms with Gasteiger partial charge in [-0.15, -0.1) is 0 Å². The molecule has 106 valence electrons. The molecule has 0 aliphatic heterocycles. The normalized spacial score (nSPS) is 13.5.